The smallest absolute Gasteiger partial charge is 0.258 e. The van der Waals surface area contributed by atoms with Crippen molar-refractivity contribution in [1.29, 1.82) is 0 Å². The lowest BCUT2D eigenvalue weighted by Crippen LogP contribution is -2.27. The number of nitrogens with one attached hydrogen (secondary N) is 1. The van der Waals surface area contributed by atoms with Crippen molar-refractivity contribution < 1.29 is 9.26 Å². The standard InChI is InChI=1S/C13H16N4O3/c14-10(7-19-9-2-1-3-9)12-16-13(20-17-12)8-4-5-15-11(18)6-8/h4-6,9-10H,1-3,7,14H2,(H,15,18). The van der Waals surface area contributed by atoms with Crippen LogP contribution in [0, 0.1) is 0 Å². The molecule has 0 aliphatic heterocycles. The quantitative estimate of drug-likeness (QED) is 0.843. The Morgan fingerprint density at radius 1 is 1.55 bits per heavy atom. The van der Waals surface area contributed by atoms with Crippen LogP contribution in [0.25, 0.3) is 11.5 Å². The third-order valence-electron chi connectivity index (χ3n) is 3.36. The van der Waals surface area contributed by atoms with Crippen LogP contribution in [0.4, 0.5) is 0 Å². The second-order valence-electron chi connectivity index (χ2n) is 4.89. The van der Waals surface area contributed by atoms with E-state index in [0.29, 0.717) is 24.1 Å². The van der Waals surface area contributed by atoms with Crippen LogP contribution in [-0.4, -0.2) is 27.8 Å². The first-order chi connectivity index (χ1) is 9.72. The van der Waals surface area contributed by atoms with Gasteiger partial charge in [-0.05, 0) is 25.3 Å². The lowest BCUT2D eigenvalue weighted by molar-refractivity contribution is -0.00549. The Morgan fingerprint density at radius 3 is 3.10 bits per heavy atom. The first-order valence-corrected chi connectivity index (χ1v) is 6.62. The summed E-state index contributed by atoms with van der Waals surface area (Å²) < 4.78 is 10.8. The molecule has 0 aromatic carbocycles. The molecule has 2 aromatic rings. The number of H-pyrrole nitrogens is 1. The van der Waals surface area contributed by atoms with Crippen LogP contribution in [0.15, 0.2) is 27.6 Å². The highest BCUT2D eigenvalue weighted by molar-refractivity contribution is 5.51. The van der Waals surface area contributed by atoms with E-state index in [4.69, 9.17) is 15.0 Å². The molecule has 7 heteroatoms. The zero-order chi connectivity index (χ0) is 13.9. The monoisotopic (exact) mass is 276 g/mol. The van der Waals surface area contributed by atoms with Crippen molar-refractivity contribution in [1.82, 2.24) is 15.1 Å². The second kappa shape index (κ2) is 5.56. The molecule has 0 spiro atoms. The summed E-state index contributed by atoms with van der Waals surface area (Å²) in [6, 6.07) is 2.66. The SMILES string of the molecule is NC(COC1CCC1)c1noc(-c2cc[nH]c(=O)c2)n1. The van der Waals surface area contributed by atoms with Gasteiger partial charge in [-0.2, -0.15) is 4.98 Å². The van der Waals surface area contributed by atoms with Gasteiger partial charge >= 0.3 is 0 Å². The maximum absolute atomic E-state index is 11.2. The highest BCUT2D eigenvalue weighted by Crippen LogP contribution is 2.23. The minimum Gasteiger partial charge on any atom is -0.376 e. The zero-order valence-electron chi connectivity index (χ0n) is 10.9. The first-order valence-electron chi connectivity index (χ1n) is 6.62. The molecule has 7 nitrogen and oxygen atoms in total. The van der Waals surface area contributed by atoms with Crippen LogP contribution in [0.1, 0.15) is 31.1 Å². The molecule has 106 valence electrons. The van der Waals surface area contributed by atoms with Gasteiger partial charge in [-0.1, -0.05) is 5.16 Å². The number of pyridine rings is 1. The molecule has 3 N–H and O–H groups in total. The van der Waals surface area contributed by atoms with Crippen LogP contribution >= 0.6 is 0 Å². The van der Waals surface area contributed by atoms with Gasteiger partial charge < -0.3 is 20.0 Å². The molecule has 2 aromatic heterocycles. The molecular formula is C13H16N4O3. The Morgan fingerprint density at radius 2 is 2.40 bits per heavy atom. The van der Waals surface area contributed by atoms with Gasteiger partial charge in [-0.25, -0.2) is 0 Å². The van der Waals surface area contributed by atoms with Crippen LogP contribution in [0.3, 0.4) is 0 Å². The zero-order valence-corrected chi connectivity index (χ0v) is 10.9. The van der Waals surface area contributed by atoms with Crippen molar-refractivity contribution in [2.75, 3.05) is 6.61 Å². The fourth-order valence-corrected chi connectivity index (χ4v) is 1.93. The highest BCUT2D eigenvalue weighted by Gasteiger charge is 2.21. The minimum atomic E-state index is -0.421. The van der Waals surface area contributed by atoms with Crippen LogP contribution in [0.5, 0.6) is 0 Å². The summed E-state index contributed by atoms with van der Waals surface area (Å²) in [6.07, 6.45) is 5.25. The molecule has 0 amide bonds. The summed E-state index contributed by atoms with van der Waals surface area (Å²) in [7, 11) is 0. The summed E-state index contributed by atoms with van der Waals surface area (Å²) in [6.45, 7) is 0.374. The third kappa shape index (κ3) is 2.78. The van der Waals surface area contributed by atoms with E-state index < -0.39 is 6.04 Å². The van der Waals surface area contributed by atoms with Gasteiger partial charge in [0.2, 0.25) is 5.56 Å². The summed E-state index contributed by atoms with van der Waals surface area (Å²) in [5, 5.41) is 3.84. The van der Waals surface area contributed by atoms with Crippen LogP contribution < -0.4 is 11.3 Å². The van der Waals surface area contributed by atoms with E-state index in [1.165, 1.54) is 18.7 Å². The summed E-state index contributed by atoms with van der Waals surface area (Å²) in [4.78, 5) is 18.0. The van der Waals surface area contributed by atoms with E-state index in [0.717, 1.165) is 12.8 Å². The Bertz CT molecular complexity index is 632. The van der Waals surface area contributed by atoms with Crippen molar-refractivity contribution in [3.63, 3.8) is 0 Å². The number of aromatic amines is 1. The van der Waals surface area contributed by atoms with Gasteiger partial charge in [0.05, 0.1) is 18.8 Å². The molecule has 1 fully saturated rings. The van der Waals surface area contributed by atoms with Crippen LogP contribution in [0.2, 0.25) is 0 Å². The molecule has 1 saturated carbocycles. The van der Waals surface area contributed by atoms with Crippen molar-refractivity contribution >= 4 is 0 Å². The van der Waals surface area contributed by atoms with Gasteiger partial charge in [0.15, 0.2) is 5.82 Å². The van der Waals surface area contributed by atoms with Crippen molar-refractivity contribution in [2.45, 2.75) is 31.4 Å². The summed E-state index contributed by atoms with van der Waals surface area (Å²) in [5.41, 5.74) is 6.31. The molecule has 0 bridgehead atoms. The highest BCUT2D eigenvalue weighted by atomic mass is 16.5. The number of hydrogen-bond donors (Lipinski definition) is 2. The van der Waals surface area contributed by atoms with Gasteiger partial charge in [0, 0.05) is 17.8 Å². The number of nitrogens with zero attached hydrogens (tertiary/aromatic N) is 2. The van der Waals surface area contributed by atoms with Crippen molar-refractivity contribution in [2.24, 2.45) is 5.73 Å². The maximum atomic E-state index is 11.2. The Kier molecular flexibility index (Phi) is 3.62. The largest absolute Gasteiger partial charge is 0.376 e. The number of aromatic nitrogens is 3. The number of rotatable bonds is 5. The number of hydrogen-bond acceptors (Lipinski definition) is 6. The molecule has 2 heterocycles. The van der Waals surface area contributed by atoms with E-state index in [1.54, 1.807) is 6.07 Å². The predicted octanol–water partition coefficient (Wildman–Crippen LogP) is 0.994. The van der Waals surface area contributed by atoms with E-state index in [-0.39, 0.29) is 11.4 Å². The topological polar surface area (TPSA) is 107 Å². The Balaban J connectivity index is 1.67. The number of nitrogens with two attached hydrogens (primary N) is 1. The van der Waals surface area contributed by atoms with Gasteiger partial charge in [0.1, 0.15) is 0 Å². The lowest BCUT2D eigenvalue weighted by atomic mass is 9.96. The van der Waals surface area contributed by atoms with Gasteiger partial charge in [0.25, 0.3) is 5.89 Å². The second-order valence-corrected chi connectivity index (χ2v) is 4.89. The molecule has 1 atom stereocenters. The number of ether oxygens (including phenoxy) is 1. The lowest BCUT2D eigenvalue weighted by Gasteiger charge is -2.26. The maximum Gasteiger partial charge on any atom is 0.258 e. The molecule has 3 rings (SSSR count). The average molecular weight is 276 g/mol. The first kappa shape index (κ1) is 13.0. The molecule has 0 saturated heterocycles. The van der Waals surface area contributed by atoms with E-state index in [1.807, 2.05) is 0 Å². The minimum absolute atomic E-state index is 0.222. The van der Waals surface area contributed by atoms with Crippen molar-refractivity contribution in [3.8, 4) is 11.5 Å². The Hall–Kier alpha value is -1.99. The Labute approximate surface area is 115 Å². The molecule has 1 unspecified atom stereocenters. The predicted molar refractivity (Wildman–Crippen MR) is 70.9 cm³/mol. The van der Waals surface area contributed by atoms with Crippen molar-refractivity contribution in [3.05, 3.63) is 34.5 Å². The molecule has 1 aliphatic rings. The fourth-order valence-electron chi connectivity index (χ4n) is 1.93. The van der Waals surface area contributed by atoms with E-state index in [9.17, 15) is 4.79 Å². The van der Waals surface area contributed by atoms with Gasteiger partial charge in [-0.3, -0.25) is 4.79 Å². The average Bonchev–Trinajstić information content (AvgIpc) is 2.86. The van der Waals surface area contributed by atoms with E-state index in [2.05, 4.69) is 15.1 Å². The third-order valence-corrected chi connectivity index (χ3v) is 3.36. The molecular weight excluding hydrogens is 260 g/mol. The molecule has 1 aliphatic carbocycles. The van der Waals surface area contributed by atoms with Crippen LogP contribution in [-0.2, 0) is 4.74 Å². The van der Waals surface area contributed by atoms with E-state index >= 15 is 0 Å². The fraction of sp³-hybridized carbons (Fsp3) is 0.462. The summed E-state index contributed by atoms with van der Waals surface area (Å²) >= 11 is 0. The summed E-state index contributed by atoms with van der Waals surface area (Å²) in [5.74, 6) is 0.671. The molecule has 0 radical (unpaired) electrons. The van der Waals surface area contributed by atoms with Gasteiger partial charge in [-0.15, -0.1) is 0 Å². The normalized spacial score (nSPS) is 16.9. The molecule has 20 heavy (non-hydrogen) atoms.